The molecule has 1 saturated heterocycles. The number of anilines is 4. The molecule has 0 spiro atoms. The van der Waals surface area contributed by atoms with Crippen LogP contribution in [0.3, 0.4) is 0 Å². The van der Waals surface area contributed by atoms with E-state index in [9.17, 15) is 4.79 Å². The van der Waals surface area contributed by atoms with Crippen LogP contribution in [0, 0.1) is 5.92 Å². The molecule has 1 aliphatic heterocycles. The second-order valence-corrected chi connectivity index (χ2v) is 5.79. The molecule has 5 N–H and O–H groups in total. The highest BCUT2D eigenvalue weighted by molar-refractivity contribution is 5.73. The average Bonchev–Trinajstić information content (AvgIpc) is 3.12. The van der Waals surface area contributed by atoms with E-state index in [4.69, 9.17) is 21.4 Å². The Morgan fingerprint density at radius 1 is 1.40 bits per heavy atom. The SMILES string of the molecule is COc1ccc(N(N)c2nc(N3CCC(C(=O)O)C3)ncc2N)cc1. The van der Waals surface area contributed by atoms with Gasteiger partial charge in [0, 0.05) is 13.1 Å². The lowest BCUT2D eigenvalue weighted by atomic mass is 10.1. The van der Waals surface area contributed by atoms with Crippen LogP contribution in [-0.4, -0.2) is 41.2 Å². The summed E-state index contributed by atoms with van der Waals surface area (Å²) in [6, 6.07) is 7.14. The van der Waals surface area contributed by atoms with Crippen molar-refractivity contribution < 1.29 is 14.6 Å². The fourth-order valence-electron chi connectivity index (χ4n) is 2.73. The van der Waals surface area contributed by atoms with E-state index in [-0.39, 0.29) is 0 Å². The minimum absolute atomic E-state index is 0.330. The minimum Gasteiger partial charge on any atom is -0.497 e. The summed E-state index contributed by atoms with van der Waals surface area (Å²) in [6.07, 6.45) is 2.04. The van der Waals surface area contributed by atoms with Gasteiger partial charge in [-0.25, -0.2) is 10.8 Å². The van der Waals surface area contributed by atoms with E-state index in [0.29, 0.717) is 48.4 Å². The third-order valence-electron chi connectivity index (χ3n) is 4.18. The summed E-state index contributed by atoms with van der Waals surface area (Å²) in [5.74, 6) is 6.42. The molecule has 1 fully saturated rings. The molecule has 1 atom stereocenters. The Morgan fingerprint density at radius 3 is 2.72 bits per heavy atom. The zero-order valence-electron chi connectivity index (χ0n) is 13.8. The smallest absolute Gasteiger partial charge is 0.308 e. The molecule has 2 aromatic rings. The molecule has 1 aliphatic rings. The van der Waals surface area contributed by atoms with Crippen LogP contribution in [0.1, 0.15) is 6.42 Å². The zero-order valence-corrected chi connectivity index (χ0v) is 13.8. The molecule has 3 rings (SSSR count). The predicted molar refractivity (Wildman–Crippen MR) is 93.7 cm³/mol. The number of rotatable bonds is 5. The molecular formula is C16H20N6O3. The molecule has 0 radical (unpaired) electrons. The number of carbonyl (C=O) groups is 1. The number of nitrogens with zero attached hydrogens (tertiary/aromatic N) is 4. The molecule has 1 unspecified atom stereocenters. The number of nitrogens with two attached hydrogens (primary N) is 2. The lowest BCUT2D eigenvalue weighted by Crippen LogP contribution is -2.29. The quantitative estimate of drug-likeness (QED) is 0.536. The molecule has 25 heavy (non-hydrogen) atoms. The summed E-state index contributed by atoms with van der Waals surface area (Å²) < 4.78 is 5.13. The molecule has 0 saturated carbocycles. The van der Waals surface area contributed by atoms with Gasteiger partial charge >= 0.3 is 5.97 Å². The molecule has 0 amide bonds. The lowest BCUT2D eigenvalue weighted by molar-refractivity contribution is -0.140. The summed E-state index contributed by atoms with van der Waals surface area (Å²) in [5, 5.41) is 10.5. The van der Waals surface area contributed by atoms with E-state index in [1.54, 1.807) is 31.4 Å². The Kier molecular flexibility index (Phi) is 4.57. The molecular weight excluding hydrogens is 324 g/mol. The highest BCUT2D eigenvalue weighted by Gasteiger charge is 2.30. The maximum atomic E-state index is 11.1. The van der Waals surface area contributed by atoms with Crippen molar-refractivity contribution in [3.63, 3.8) is 0 Å². The Labute approximate surface area is 144 Å². The van der Waals surface area contributed by atoms with Crippen LogP contribution in [0.15, 0.2) is 30.5 Å². The van der Waals surface area contributed by atoms with Gasteiger partial charge in [-0.1, -0.05) is 0 Å². The number of aliphatic carboxylic acids is 1. The number of methoxy groups -OCH3 is 1. The fraction of sp³-hybridized carbons (Fsp3) is 0.312. The highest BCUT2D eigenvalue weighted by Crippen LogP contribution is 2.29. The molecule has 1 aromatic heterocycles. The van der Waals surface area contributed by atoms with Gasteiger partial charge in [-0.2, -0.15) is 4.98 Å². The van der Waals surface area contributed by atoms with Crippen LogP contribution in [-0.2, 0) is 4.79 Å². The third-order valence-corrected chi connectivity index (χ3v) is 4.18. The number of hydrogen-bond acceptors (Lipinski definition) is 8. The van der Waals surface area contributed by atoms with Crippen molar-refractivity contribution in [2.45, 2.75) is 6.42 Å². The first-order chi connectivity index (χ1) is 12.0. The number of carboxylic acids is 1. The van der Waals surface area contributed by atoms with Gasteiger partial charge < -0.3 is 20.5 Å². The van der Waals surface area contributed by atoms with Crippen molar-refractivity contribution in [3.8, 4) is 5.75 Å². The topological polar surface area (TPSA) is 131 Å². The third kappa shape index (κ3) is 3.41. The minimum atomic E-state index is -0.808. The van der Waals surface area contributed by atoms with Crippen LogP contribution in [0.5, 0.6) is 5.75 Å². The molecule has 0 aliphatic carbocycles. The normalized spacial score (nSPS) is 16.7. The fourth-order valence-corrected chi connectivity index (χ4v) is 2.73. The van der Waals surface area contributed by atoms with Gasteiger partial charge in [-0.05, 0) is 30.7 Å². The van der Waals surface area contributed by atoms with E-state index in [1.807, 2.05) is 4.90 Å². The summed E-state index contributed by atoms with van der Waals surface area (Å²) in [7, 11) is 1.59. The number of hydrogen-bond donors (Lipinski definition) is 3. The number of carboxylic acid groups (broad SMARTS) is 1. The first kappa shape index (κ1) is 16.8. The van der Waals surface area contributed by atoms with Crippen LogP contribution < -0.4 is 26.2 Å². The summed E-state index contributed by atoms with van der Waals surface area (Å²) in [6.45, 7) is 0.944. The van der Waals surface area contributed by atoms with Crippen LogP contribution >= 0.6 is 0 Å². The molecule has 9 heteroatoms. The number of aromatic nitrogens is 2. The molecule has 0 bridgehead atoms. The summed E-state index contributed by atoms with van der Waals surface area (Å²) in [4.78, 5) is 21.6. The van der Waals surface area contributed by atoms with Gasteiger partial charge in [0.05, 0.1) is 30.6 Å². The highest BCUT2D eigenvalue weighted by atomic mass is 16.5. The van der Waals surface area contributed by atoms with Crippen LogP contribution in [0.4, 0.5) is 23.1 Å². The van der Waals surface area contributed by atoms with E-state index in [0.717, 1.165) is 0 Å². The first-order valence-electron chi connectivity index (χ1n) is 7.78. The van der Waals surface area contributed by atoms with Crippen LogP contribution in [0.25, 0.3) is 0 Å². The maximum absolute atomic E-state index is 11.1. The molecule has 132 valence electrons. The van der Waals surface area contributed by atoms with Crippen molar-refractivity contribution in [2.75, 3.05) is 35.8 Å². The second kappa shape index (κ2) is 6.81. The van der Waals surface area contributed by atoms with Gasteiger partial charge in [0.15, 0.2) is 5.82 Å². The average molecular weight is 344 g/mol. The molecule has 1 aromatic carbocycles. The Morgan fingerprint density at radius 2 is 2.12 bits per heavy atom. The van der Waals surface area contributed by atoms with E-state index in [2.05, 4.69) is 9.97 Å². The van der Waals surface area contributed by atoms with E-state index in [1.165, 1.54) is 11.2 Å². The molecule has 2 heterocycles. The number of ether oxygens (including phenoxy) is 1. The summed E-state index contributed by atoms with van der Waals surface area (Å²) >= 11 is 0. The van der Waals surface area contributed by atoms with Crippen molar-refractivity contribution in [1.29, 1.82) is 0 Å². The van der Waals surface area contributed by atoms with Gasteiger partial charge in [-0.15, -0.1) is 0 Å². The van der Waals surface area contributed by atoms with E-state index < -0.39 is 11.9 Å². The second-order valence-electron chi connectivity index (χ2n) is 5.79. The van der Waals surface area contributed by atoms with Crippen molar-refractivity contribution in [2.24, 2.45) is 11.8 Å². The van der Waals surface area contributed by atoms with Gasteiger partial charge in [-0.3, -0.25) is 9.80 Å². The Balaban J connectivity index is 1.85. The van der Waals surface area contributed by atoms with Gasteiger partial charge in [0.1, 0.15) is 5.75 Å². The van der Waals surface area contributed by atoms with Crippen molar-refractivity contribution in [3.05, 3.63) is 30.5 Å². The van der Waals surface area contributed by atoms with Gasteiger partial charge in [0.2, 0.25) is 5.95 Å². The Bertz CT molecular complexity index is 767. The number of hydrazine groups is 1. The van der Waals surface area contributed by atoms with E-state index >= 15 is 0 Å². The zero-order chi connectivity index (χ0) is 18.0. The standard InChI is InChI=1S/C16H20N6O3/c1-25-12-4-2-11(3-5-12)22(18)14-13(17)8-19-16(20-14)21-7-6-10(9-21)15(23)24/h2-5,8,10H,6-7,9,17-18H2,1H3,(H,23,24). The monoisotopic (exact) mass is 344 g/mol. The first-order valence-corrected chi connectivity index (χ1v) is 7.78. The van der Waals surface area contributed by atoms with Crippen LogP contribution in [0.2, 0.25) is 0 Å². The predicted octanol–water partition coefficient (Wildman–Crippen LogP) is 0.990. The maximum Gasteiger partial charge on any atom is 0.308 e. The van der Waals surface area contributed by atoms with Crippen molar-refractivity contribution >= 4 is 29.1 Å². The lowest BCUT2D eigenvalue weighted by Gasteiger charge is -2.22. The summed E-state index contributed by atoms with van der Waals surface area (Å²) in [5.41, 5.74) is 6.99. The number of nitrogen functional groups attached to an aromatic ring is 1. The Hall–Kier alpha value is -3.07. The number of benzene rings is 1. The largest absolute Gasteiger partial charge is 0.497 e. The molecule has 9 nitrogen and oxygen atoms in total. The van der Waals surface area contributed by atoms with Crippen molar-refractivity contribution in [1.82, 2.24) is 9.97 Å². The van der Waals surface area contributed by atoms with Gasteiger partial charge in [0.25, 0.3) is 0 Å².